The first kappa shape index (κ1) is 14.9. The summed E-state index contributed by atoms with van der Waals surface area (Å²) in [6.07, 6.45) is 0. The predicted octanol–water partition coefficient (Wildman–Crippen LogP) is 3.92. The van der Waals surface area contributed by atoms with Gasteiger partial charge in [-0.15, -0.1) is 0 Å². The first-order valence-corrected chi connectivity index (χ1v) is 6.46. The lowest BCUT2D eigenvalue weighted by molar-refractivity contribution is 0.410. The van der Waals surface area contributed by atoms with Crippen LogP contribution in [0.3, 0.4) is 0 Å². The van der Waals surface area contributed by atoms with Gasteiger partial charge in [-0.05, 0) is 34.1 Å². The van der Waals surface area contributed by atoms with Crippen molar-refractivity contribution in [2.24, 2.45) is 5.73 Å². The van der Waals surface area contributed by atoms with Crippen molar-refractivity contribution in [3.8, 4) is 5.75 Å². The minimum Gasteiger partial charge on any atom is -0.497 e. The van der Waals surface area contributed by atoms with Crippen molar-refractivity contribution in [2.45, 2.75) is 6.04 Å². The van der Waals surface area contributed by atoms with Crippen molar-refractivity contribution in [3.63, 3.8) is 0 Å². The molecule has 6 heteroatoms. The molecular formula is C14H11BrF3NO. The summed E-state index contributed by atoms with van der Waals surface area (Å²) in [5, 5.41) is 0. The maximum atomic E-state index is 13.9. The Kier molecular flexibility index (Phi) is 4.35. The van der Waals surface area contributed by atoms with Gasteiger partial charge in [0.15, 0.2) is 0 Å². The molecule has 2 aromatic rings. The number of hydrogen-bond acceptors (Lipinski definition) is 2. The highest BCUT2D eigenvalue weighted by molar-refractivity contribution is 9.10. The third kappa shape index (κ3) is 2.81. The van der Waals surface area contributed by atoms with Crippen LogP contribution in [0, 0.1) is 17.5 Å². The van der Waals surface area contributed by atoms with E-state index in [0.717, 1.165) is 18.2 Å². The van der Waals surface area contributed by atoms with Gasteiger partial charge in [0.1, 0.15) is 23.2 Å². The third-order valence-corrected chi connectivity index (χ3v) is 3.53. The van der Waals surface area contributed by atoms with Crippen LogP contribution in [-0.2, 0) is 0 Å². The van der Waals surface area contributed by atoms with Crippen molar-refractivity contribution in [1.29, 1.82) is 0 Å². The molecule has 0 radical (unpaired) electrons. The van der Waals surface area contributed by atoms with Crippen LogP contribution in [0.4, 0.5) is 13.2 Å². The van der Waals surface area contributed by atoms with E-state index in [1.165, 1.54) is 19.2 Å². The summed E-state index contributed by atoms with van der Waals surface area (Å²) in [4.78, 5) is 0. The first-order valence-electron chi connectivity index (χ1n) is 5.67. The maximum Gasteiger partial charge on any atom is 0.137 e. The zero-order chi connectivity index (χ0) is 14.9. The fourth-order valence-electron chi connectivity index (χ4n) is 1.83. The minimum atomic E-state index is -1.11. The molecule has 1 atom stereocenters. The van der Waals surface area contributed by atoms with E-state index in [-0.39, 0.29) is 15.6 Å². The molecule has 0 fully saturated rings. The molecule has 2 nitrogen and oxygen atoms in total. The Labute approximate surface area is 122 Å². The molecule has 0 aliphatic rings. The number of methoxy groups -OCH3 is 1. The lowest BCUT2D eigenvalue weighted by Crippen LogP contribution is -2.15. The molecule has 0 spiro atoms. The molecule has 0 amide bonds. The Bertz CT molecular complexity index is 649. The zero-order valence-corrected chi connectivity index (χ0v) is 12.0. The Balaban J connectivity index is 2.46. The molecule has 1 unspecified atom stereocenters. The second-order valence-electron chi connectivity index (χ2n) is 4.15. The molecule has 20 heavy (non-hydrogen) atoms. The summed E-state index contributed by atoms with van der Waals surface area (Å²) in [5.74, 6) is -1.69. The van der Waals surface area contributed by atoms with E-state index in [0.29, 0.717) is 5.75 Å². The quantitative estimate of drug-likeness (QED) is 0.855. The zero-order valence-electron chi connectivity index (χ0n) is 10.5. The van der Waals surface area contributed by atoms with Crippen LogP contribution in [0.15, 0.2) is 34.8 Å². The topological polar surface area (TPSA) is 35.2 Å². The SMILES string of the molecule is COc1ccc(C(N)c2cc(F)c(Br)cc2F)c(F)c1. The predicted molar refractivity (Wildman–Crippen MR) is 73.0 cm³/mol. The summed E-state index contributed by atoms with van der Waals surface area (Å²) in [6.45, 7) is 0. The molecule has 0 aliphatic heterocycles. The molecule has 0 bridgehead atoms. The van der Waals surface area contributed by atoms with Gasteiger partial charge in [0.25, 0.3) is 0 Å². The van der Waals surface area contributed by atoms with Crippen molar-refractivity contribution in [1.82, 2.24) is 0 Å². The van der Waals surface area contributed by atoms with Crippen LogP contribution < -0.4 is 10.5 Å². The number of ether oxygens (including phenoxy) is 1. The number of nitrogens with two attached hydrogens (primary N) is 1. The van der Waals surface area contributed by atoms with Crippen LogP contribution in [0.1, 0.15) is 17.2 Å². The minimum absolute atomic E-state index is 0.0128. The van der Waals surface area contributed by atoms with Crippen LogP contribution in [0.5, 0.6) is 5.75 Å². The van der Waals surface area contributed by atoms with Crippen molar-refractivity contribution in [3.05, 3.63) is 63.4 Å². The third-order valence-electron chi connectivity index (χ3n) is 2.92. The fraction of sp³-hybridized carbons (Fsp3) is 0.143. The molecule has 0 aromatic heterocycles. The average Bonchev–Trinajstić information content (AvgIpc) is 2.42. The Hall–Kier alpha value is -1.53. The monoisotopic (exact) mass is 345 g/mol. The van der Waals surface area contributed by atoms with Gasteiger partial charge in [0.05, 0.1) is 17.6 Å². The maximum absolute atomic E-state index is 13.9. The number of hydrogen-bond donors (Lipinski definition) is 1. The smallest absolute Gasteiger partial charge is 0.137 e. The molecule has 2 rings (SSSR count). The molecule has 2 N–H and O–H groups in total. The van der Waals surface area contributed by atoms with Crippen molar-refractivity contribution < 1.29 is 17.9 Å². The fourth-order valence-corrected chi connectivity index (χ4v) is 2.15. The number of benzene rings is 2. The van der Waals surface area contributed by atoms with Gasteiger partial charge in [-0.25, -0.2) is 13.2 Å². The molecule has 0 saturated heterocycles. The van der Waals surface area contributed by atoms with E-state index in [1.807, 2.05) is 0 Å². The molecular weight excluding hydrogens is 335 g/mol. The highest BCUT2D eigenvalue weighted by Crippen LogP contribution is 2.29. The molecule has 0 saturated carbocycles. The van der Waals surface area contributed by atoms with Crippen LogP contribution in [-0.4, -0.2) is 7.11 Å². The summed E-state index contributed by atoms with van der Waals surface area (Å²) < 4.78 is 46.1. The molecule has 0 heterocycles. The lowest BCUT2D eigenvalue weighted by Gasteiger charge is -2.15. The summed E-state index contributed by atoms with van der Waals surface area (Å²) in [7, 11) is 1.40. The van der Waals surface area contributed by atoms with Gasteiger partial charge in [0, 0.05) is 17.2 Å². The summed E-state index contributed by atoms with van der Waals surface area (Å²) in [6, 6.07) is 4.84. The largest absolute Gasteiger partial charge is 0.497 e. The van der Waals surface area contributed by atoms with Gasteiger partial charge < -0.3 is 10.5 Å². The highest BCUT2D eigenvalue weighted by atomic mass is 79.9. The lowest BCUT2D eigenvalue weighted by atomic mass is 9.98. The van der Waals surface area contributed by atoms with E-state index in [1.54, 1.807) is 0 Å². The van der Waals surface area contributed by atoms with Crippen LogP contribution in [0.25, 0.3) is 0 Å². The normalized spacial score (nSPS) is 12.3. The Morgan fingerprint density at radius 2 is 1.65 bits per heavy atom. The van der Waals surface area contributed by atoms with Crippen LogP contribution in [0.2, 0.25) is 0 Å². The average molecular weight is 346 g/mol. The number of halogens is 4. The molecule has 106 valence electrons. The standard InChI is InChI=1S/C14H11BrF3NO/c1-20-7-2-3-8(11(16)4-7)14(19)9-5-13(18)10(15)6-12(9)17/h2-6,14H,19H2,1H3. The Morgan fingerprint density at radius 1 is 1.00 bits per heavy atom. The van der Waals surface area contributed by atoms with E-state index in [4.69, 9.17) is 10.5 Å². The second kappa shape index (κ2) is 5.85. The highest BCUT2D eigenvalue weighted by Gasteiger charge is 2.19. The molecule has 0 aliphatic carbocycles. The van der Waals surface area contributed by atoms with Gasteiger partial charge in [-0.1, -0.05) is 6.07 Å². The van der Waals surface area contributed by atoms with E-state index >= 15 is 0 Å². The van der Waals surface area contributed by atoms with Crippen LogP contribution >= 0.6 is 15.9 Å². The Morgan fingerprint density at radius 3 is 2.25 bits per heavy atom. The van der Waals surface area contributed by atoms with Gasteiger partial charge in [0.2, 0.25) is 0 Å². The molecule has 2 aromatic carbocycles. The van der Waals surface area contributed by atoms with Gasteiger partial charge >= 0.3 is 0 Å². The van der Waals surface area contributed by atoms with Gasteiger partial charge in [-0.3, -0.25) is 0 Å². The van der Waals surface area contributed by atoms with Crippen molar-refractivity contribution >= 4 is 15.9 Å². The summed E-state index contributed by atoms with van der Waals surface area (Å²) in [5.41, 5.74) is 5.77. The first-order chi connectivity index (χ1) is 9.43. The van der Waals surface area contributed by atoms with E-state index < -0.39 is 23.5 Å². The second-order valence-corrected chi connectivity index (χ2v) is 5.01. The van der Waals surface area contributed by atoms with E-state index in [9.17, 15) is 13.2 Å². The van der Waals surface area contributed by atoms with Gasteiger partial charge in [-0.2, -0.15) is 0 Å². The number of rotatable bonds is 3. The van der Waals surface area contributed by atoms with E-state index in [2.05, 4.69) is 15.9 Å². The summed E-state index contributed by atoms with van der Waals surface area (Å²) >= 11 is 2.87. The van der Waals surface area contributed by atoms with Crippen molar-refractivity contribution in [2.75, 3.05) is 7.11 Å².